The summed E-state index contributed by atoms with van der Waals surface area (Å²) in [6.07, 6.45) is 0. The fourth-order valence-electron chi connectivity index (χ4n) is 3.80. The zero-order chi connectivity index (χ0) is 18.9. The van der Waals surface area contributed by atoms with E-state index >= 15 is 0 Å². The molecule has 0 bridgehead atoms. The van der Waals surface area contributed by atoms with E-state index in [4.69, 9.17) is 4.74 Å². The van der Waals surface area contributed by atoms with Gasteiger partial charge in [-0.05, 0) is 49.1 Å². The molecule has 1 saturated heterocycles. The number of benzene rings is 2. The predicted molar refractivity (Wildman–Crippen MR) is 112 cm³/mol. The summed E-state index contributed by atoms with van der Waals surface area (Å²) >= 11 is 0. The van der Waals surface area contributed by atoms with Crippen LogP contribution >= 0.6 is 0 Å². The number of ether oxygens (including phenoxy) is 1. The highest BCUT2D eigenvalue weighted by molar-refractivity contribution is 5.57. The van der Waals surface area contributed by atoms with Crippen LogP contribution in [0, 0.1) is 0 Å². The number of rotatable bonds is 3. The molecule has 140 valence electrons. The van der Waals surface area contributed by atoms with Gasteiger partial charge in [0.15, 0.2) is 0 Å². The van der Waals surface area contributed by atoms with E-state index in [0.29, 0.717) is 0 Å². The van der Waals surface area contributed by atoms with E-state index in [1.807, 2.05) is 6.07 Å². The lowest BCUT2D eigenvalue weighted by Crippen LogP contribution is -2.59. The molecule has 0 N–H and O–H groups in total. The summed E-state index contributed by atoms with van der Waals surface area (Å²) in [6, 6.07) is 17.5. The molecule has 3 heteroatoms. The molecule has 0 radical (unpaired) electrons. The molecule has 0 spiro atoms. The van der Waals surface area contributed by atoms with Crippen molar-refractivity contribution < 1.29 is 4.74 Å². The van der Waals surface area contributed by atoms with Crippen molar-refractivity contribution in [2.75, 3.05) is 36.5 Å². The van der Waals surface area contributed by atoms with Crippen molar-refractivity contribution in [1.82, 2.24) is 0 Å². The van der Waals surface area contributed by atoms with Crippen molar-refractivity contribution in [1.29, 1.82) is 0 Å². The van der Waals surface area contributed by atoms with Crippen molar-refractivity contribution in [3.8, 4) is 5.75 Å². The molecular weight excluding hydrogens is 320 g/mol. The quantitative estimate of drug-likeness (QED) is 0.764. The standard InChI is InChI=1S/C23H32N2O/c1-22(2,3)18-10-12-19(13-11-18)24-14-15-25(23(4,5)17-24)20-8-7-9-21(16-20)26-6/h7-13,16H,14-15,17H2,1-6H3. The molecule has 0 amide bonds. The molecule has 1 aliphatic heterocycles. The van der Waals surface area contributed by atoms with E-state index in [9.17, 15) is 0 Å². The van der Waals surface area contributed by atoms with Gasteiger partial charge in [-0.25, -0.2) is 0 Å². The summed E-state index contributed by atoms with van der Waals surface area (Å²) < 4.78 is 5.41. The molecule has 26 heavy (non-hydrogen) atoms. The summed E-state index contributed by atoms with van der Waals surface area (Å²) in [7, 11) is 1.73. The number of hydrogen-bond donors (Lipinski definition) is 0. The van der Waals surface area contributed by atoms with Crippen LogP contribution in [0.2, 0.25) is 0 Å². The molecule has 1 heterocycles. The SMILES string of the molecule is COc1cccc(N2CCN(c3ccc(C(C)(C)C)cc3)CC2(C)C)c1. The molecule has 0 unspecified atom stereocenters. The first kappa shape index (κ1) is 18.6. The van der Waals surface area contributed by atoms with Gasteiger partial charge in [0.1, 0.15) is 5.75 Å². The second-order valence-electron chi connectivity index (χ2n) is 8.88. The maximum Gasteiger partial charge on any atom is 0.120 e. The Hall–Kier alpha value is -2.16. The normalized spacial score (nSPS) is 17.3. The van der Waals surface area contributed by atoms with Gasteiger partial charge < -0.3 is 14.5 Å². The highest BCUT2D eigenvalue weighted by Crippen LogP contribution is 2.33. The molecule has 1 fully saturated rings. The van der Waals surface area contributed by atoms with Gasteiger partial charge in [-0.15, -0.1) is 0 Å². The minimum Gasteiger partial charge on any atom is -0.497 e. The Bertz CT molecular complexity index is 744. The fourth-order valence-corrected chi connectivity index (χ4v) is 3.80. The minimum absolute atomic E-state index is 0.0489. The maximum atomic E-state index is 5.41. The van der Waals surface area contributed by atoms with Gasteiger partial charge >= 0.3 is 0 Å². The van der Waals surface area contributed by atoms with Crippen molar-refractivity contribution in [3.63, 3.8) is 0 Å². The van der Waals surface area contributed by atoms with Crippen LogP contribution in [0.25, 0.3) is 0 Å². The van der Waals surface area contributed by atoms with Gasteiger partial charge in [0.05, 0.1) is 12.6 Å². The van der Waals surface area contributed by atoms with Crippen LogP contribution in [-0.4, -0.2) is 32.3 Å². The van der Waals surface area contributed by atoms with E-state index in [1.165, 1.54) is 16.9 Å². The third-order valence-corrected chi connectivity index (χ3v) is 5.37. The zero-order valence-corrected chi connectivity index (χ0v) is 17.0. The lowest BCUT2D eigenvalue weighted by Gasteiger charge is -2.49. The van der Waals surface area contributed by atoms with Gasteiger partial charge in [-0.2, -0.15) is 0 Å². The van der Waals surface area contributed by atoms with E-state index in [-0.39, 0.29) is 11.0 Å². The van der Waals surface area contributed by atoms with E-state index in [1.54, 1.807) is 7.11 Å². The summed E-state index contributed by atoms with van der Waals surface area (Å²) in [5.74, 6) is 0.915. The monoisotopic (exact) mass is 352 g/mol. The Labute approximate surface area is 158 Å². The van der Waals surface area contributed by atoms with Crippen LogP contribution in [0.15, 0.2) is 48.5 Å². The van der Waals surface area contributed by atoms with Crippen LogP contribution in [0.3, 0.4) is 0 Å². The van der Waals surface area contributed by atoms with Crippen molar-refractivity contribution in [3.05, 3.63) is 54.1 Å². The van der Waals surface area contributed by atoms with E-state index in [0.717, 1.165) is 25.4 Å². The van der Waals surface area contributed by atoms with Crippen LogP contribution in [0.4, 0.5) is 11.4 Å². The number of piperazine rings is 1. The summed E-state index contributed by atoms with van der Waals surface area (Å²) in [5.41, 5.74) is 4.18. The highest BCUT2D eigenvalue weighted by atomic mass is 16.5. The number of methoxy groups -OCH3 is 1. The third-order valence-electron chi connectivity index (χ3n) is 5.37. The Morgan fingerprint density at radius 3 is 2.19 bits per heavy atom. The Balaban J connectivity index is 1.78. The van der Waals surface area contributed by atoms with Gasteiger partial charge in [0.2, 0.25) is 0 Å². The van der Waals surface area contributed by atoms with Gasteiger partial charge in [-0.1, -0.05) is 39.0 Å². The Morgan fingerprint density at radius 2 is 1.62 bits per heavy atom. The first-order valence-corrected chi connectivity index (χ1v) is 9.48. The topological polar surface area (TPSA) is 15.7 Å². The maximum absolute atomic E-state index is 5.41. The average Bonchev–Trinajstić information content (AvgIpc) is 2.60. The number of hydrogen-bond acceptors (Lipinski definition) is 3. The van der Waals surface area contributed by atoms with Gasteiger partial charge in [0, 0.05) is 37.1 Å². The molecule has 0 saturated carbocycles. The lowest BCUT2D eigenvalue weighted by atomic mass is 9.87. The zero-order valence-electron chi connectivity index (χ0n) is 17.0. The molecule has 0 aromatic heterocycles. The smallest absolute Gasteiger partial charge is 0.120 e. The molecule has 2 aromatic carbocycles. The second-order valence-corrected chi connectivity index (χ2v) is 8.88. The molecule has 3 rings (SSSR count). The Morgan fingerprint density at radius 1 is 0.923 bits per heavy atom. The second kappa shape index (κ2) is 6.86. The largest absolute Gasteiger partial charge is 0.497 e. The average molecular weight is 353 g/mol. The van der Waals surface area contributed by atoms with Crippen LogP contribution in [0.5, 0.6) is 5.75 Å². The molecular formula is C23H32N2O. The van der Waals surface area contributed by atoms with Gasteiger partial charge in [0.25, 0.3) is 0 Å². The molecule has 2 aromatic rings. The summed E-state index contributed by atoms with van der Waals surface area (Å²) in [4.78, 5) is 5.00. The number of nitrogens with zero attached hydrogens (tertiary/aromatic N) is 2. The van der Waals surface area contributed by atoms with Crippen molar-refractivity contribution in [2.24, 2.45) is 0 Å². The van der Waals surface area contributed by atoms with E-state index < -0.39 is 0 Å². The van der Waals surface area contributed by atoms with Crippen LogP contribution in [-0.2, 0) is 5.41 Å². The van der Waals surface area contributed by atoms with Crippen LogP contribution in [0.1, 0.15) is 40.2 Å². The first-order chi connectivity index (χ1) is 12.2. The molecule has 0 aliphatic carbocycles. The van der Waals surface area contributed by atoms with Crippen molar-refractivity contribution >= 4 is 11.4 Å². The van der Waals surface area contributed by atoms with Crippen molar-refractivity contribution in [2.45, 2.75) is 45.6 Å². The first-order valence-electron chi connectivity index (χ1n) is 9.48. The third kappa shape index (κ3) is 3.82. The number of anilines is 2. The van der Waals surface area contributed by atoms with Crippen LogP contribution < -0.4 is 14.5 Å². The fraction of sp³-hybridized carbons (Fsp3) is 0.478. The van der Waals surface area contributed by atoms with Gasteiger partial charge in [-0.3, -0.25) is 0 Å². The summed E-state index contributed by atoms with van der Waals surface area (Å²) in [6.45, 7) is 14.5. The molecule has 1 aliphatic rings. The highest BCUT2D eigenvalue weighted by Gasteiger charge is 2.34. The lowest BCUT2D eigenvalue weighted by molar-refractivity contribution is 0.406. The van der Waals surface area contributed by atoms with E-state index in [2.05, 4.69) is 86.9 Å². The summed E-state index contributed by atoms with van der Waals surface area (Å²) in [5, 5.41) is 0. The Kier molecular flexibility index (Phi) is 4.92. The molecule has 3 nitrogen and oxygen atoms in total. The molecule has 0 atom stereocenters. The predicted octanol–water partition coefficient (Wildman–Crippen LogP) is 5.10. The minimum atomic E-state index is 0.0489.